The highest BCUT2D eigenvalue weighted by Crippen LogP contribution is 2.15. The largest absolute Gasteiger partial charge is 0.322 e. The Morgan fingerprint density at radius 3 is 2.82 bits per heavy atom. The molecule has 0 bridgehead atoms. The van der Waals surface area contributed by atoms with Crippen LogP contribution in [0.15, 0.2) is 16.2 Å². The normalized spacial score (nSPS) is 16.6. The number of hydrogen-bond acceptors (Lipinski definition) is 4. The summed E-state index contributed by atoms with van der Waals surface area (Å²) >= 11 is 6.80. The molecule has 0 radical (unpaired) electrons. The van der Waals surface area contributed by atoms with Gasteiger partial charge in [-0.05, 0) is 42.9 Å². The van der Waals surface area contributed by atoms with Crippen LogP contribution in [0, 0.1) is 4.77 Å². The molecule has 2 aromatic rings. The van der Waals surface area contributed by atoms with E-state index < -0.39 is 0 Å². The van der Waals surface area contributed by atoms with Crippen molar-refractivity contribution in [2.75, 3.05) is 18.1 Å². The molecule has 3 heterocycles. The van der Waals surface area contributed by atoms with Crippen molar-refractivity contribution in [3.8, 4) is 0 Å². The van der Waals surface area contributed by atoms with E-state index in [1.54, 1.807) is 4.68 Å². The second kappa shape index (κ2) is 4.27. The molecule has 4 nitrogen and oxygen atoms in total. The van der Waals surface area contributed by atoms with E-state index in [0.29, 0.717) is 4.77 Å². The number of piperidine rings is 1. The van der Waals surface area contributed by atoms with Gasteiger partial charge >= 0.3 is 0 Å². The zero-order chi connectivity index (χ0) is 11.8. The lowest BCUT2D eigenvalue weighted by Gasteiger charge is -2.29. The van der Waals surface area contributed by atoms with Crippen molar-refractivity contribution in [3.05, 3.63) is 26.6 Å². The molecule has 0 spiro atoms. The van der Waals surface area contributed by atoms with Gasteiger partial charge in [0, 0.05) is 13.1 Å². The lowest BCUT2D eigenvalue weighted by atomic mass is 10.2. The molecule has 1 N–H and O–H groups in total. The molecular formula is C11H13N3OS2. The fourth-order valence-corrected chi connectivity index (χ4v) is 3.41. The first-order chi connectivity index (χ1) is 8.27. The number of thiophene rings is 1. The van der Waals surface area contributed by atoms with Gasteiger partial charge in [0.15, 0.2) is 4.77 Å². The molecule has 1 aliphatic heterocycles. The van der Waals surface area contributed by atoms with E-state index in [-0.39, 0.29) is 5.56 Å². The van der Waals surface area contributed by atoms with Gasteiger partial charge in [-0.2, -0.15) is 4.68 Å². The Labute approximate surface area is 107 Å². The summed E-state index contributed by atoms with van der Waals surface area (Å²) < 4.78 is 2.13. The predicted octanol–water partition coefficient (Wildman–Crippen LogP) is 2.24. The fraction of sp³-hybridized carbons (Fsp3) is 0.455. The van der Waals surface area contributed by atoms with Crippen LogP contribution in [0.1, 0.15) is 19.3 Å². The molecule has 0 unspecified atom stereocenters. The summed E-state index contributed by atoms with van der Waals surface area (Å²) in [4.78, 5) is 16.4. The second-order valence-electron chi connectivity index (χ2n) is 4.22. The summed E-state index contributed by atoms with van der Waals surface area (Å²) in [5.41, 5.74) is 0.00639. The van der Waals surface area contributed by atoms with Crippen molar-refractivity contribution in [2.45, 2.75) is 19.3 Å². The van der Waals surface area contributed by atoms with Gasteiger partial charge in [-0.25, -0.2) is 0 Å². The number of aromatic nitrogens is 2. The van der Waals surface area contributed by atoms with Crippen LogP contribution in [-0.2, 0) is 0 Å². The van der Waals surface area contributed by atoms with Crippen LogP contribution < -0.4 is 10.6 Å². The van der Waals surface area contributed by atoms with E-state index in [1.807, 2.05) is 11.4 Å². The van der Waals surface area contributed by atoms with Gasteiger partial charge in [-0.1, -0.05) is 0 Å². The quantitative estimate of drug-likeness (QED) is 0.806. The van der Waals surface area contributed by atoms with Crippen LogP contribution in [-0.4, -0.2) is 22.7 Å². The van der Waals surface area contributed by atoms with Gasteiger partial charge in [0.2, 0.25) is 0 Å². The molecule has 17 heavy (non-hydrogen) atoms. The Bertz CT molecular complexity index is 649. The molecule has 1 aliphatic rings. The minimum absolute atomic E-state index is 0.00639. The number of rotatable bonds is 1. The molecule has 6 heteroatoms. The van der Waals surface area contributed by atoms with Gasteiger partial charge in [0.25, 0.3) is 5.56 Å². The Hall–Kier alpha value is -1.14. The molecular weight excluding hydrogens is 254 g/mol. The molecule has 1 saturated heterocycles. The fourth-order valence-electron chi connectivity index (χ4n) is 2.26. The van der Waals surface area contributed by atoms with E-state index in [1.165, 1.54) is 17.8 Å². The van der Waals surface area contributed by atoms with E-state index in [2.05, 4.69) is 9.99 Å². The Balaban J connectivity index is 2.20. The van der Waals surface area contributed by atoms with Gasteiger partial charge in [0.1, 0.15) is 4.83 Å². The highest BCUT2D eigenvalue weighted by molar-refractivity contribution is 7.71. The van der Waals surface area contributed by atoms with Crippen LogP contribution in [0.3, 0.4) is 0 Å². The van der Waals surface area contributed by atoms with Crippen molar-refractivity contribution in [1.29, 1.82) is 0 Å². The summed E-state index contributed by atoms with van der Waals surface area (Å²) in [6.07, 6.45) is 3.49. The summed E-state index contributed by atoms with van der Waals surface area (Å²) in [6.45, 7) is 1.82. The minimum Gasteiger partial charge on any atom is -0.322 e. The van der Waals surface area contributed by atoms with Crippen LogP contribution in [0.4, 0.5) is 0 Å². The summed E-state index contributed by atoms with van der Waals surface area (Å²) in [5.74, 6) is 0. The van der Waals surface area contributed by atoms with Crippen molar-refractivity contribution in [2.24, 2.45) is 0 Å². The molecule has 90 valence electrons. The number of hydrogen-bond donors (Lipinski definition) is 1. The van der Waals surface area contributed by atoms with Crippen LogP contribution in [0.25, 0.3) is 10.2 Å². The Kier molecular flexibility index (Phi) is 2.76. The van der Waals surface area contributed by atoms with E-state index in [0.717, 1.165) is 36.1 Å². The van der Waals surface area contributed by atoms with Crippen molar-refractivity contribution in [3.63, 3.8) is 0 Å². The first-order valence-corrected chi connectivity index (χ1v) is 7.04. The van der Waals surface area contributed by atoms with Crippen molar-refractivity contribution >= 4 is 33.8 Å². The minimum atomic E-state index is 0.00639. The molecule has 0 atom stereocenters. The number of aromatic amines is 1. The molecule has 0 aliphatic carbocycles. The molecule has 0 amide bonds. The maximum absolute atomic E-state index is 12.4. The molecule has 3 rings (SSSR count). The predicted molar refractivity (Wildman–Crippen MR) is 73.1 cm³/mol. The molecule has 2 aromatic heterocycles. The van der Waals surface area contributed by atoms with Gasteiger partial charge in [0.05, 0.1) is 5.39 Å². The number of fused-ring (bicyclic) bond motifs is 1. The third-order valence-electron chi connectivity index (χ3n) is 3.12. The van der Waals surface area contributed by atoms with E-state index in [9.17, 15) is 4.79 Å². The molecule has 0 saturated carbocycles. The van der Waals surface area contributed by atoms with Crippen LogP contribution >= 0.6 is 23.6 Å². The first-order valence-electron chi connectivity index (χ1n) is 5.75. The monoisotopic (exact) mass is 267 g/mol. The van der Waals surface area contributed by atoms with Gasteiger partial charge in [-0.15, -0.1) is 11.3 Å². The maximum atomic E-state index is 12.4. The van der Waals surface area contributed by atoms with Crippen LogP contribution in [0.2, 0.25) is 0 Å². The third-order valence-corrected chi connectivity index (χ3v) is 4.22. The number of nitrogens with one attached hydrogen (secondary N) is 1. The summed E-state index contributed by atoms with van der Waals surface area (Å²) in [5, 5.41) is 4.70. The number of H-pyrrole nitrogens is 1. The van der Waals surface area contributed by atoms with E-state index in [4.69, 9.17) is 12.2 Å². The first kappa shape index (κ1) is 11.0. The van der Waals surface area contributed by atoms with Crippen molar-refractivity contribution in [1.82, 2.24) is 9.66 Å². The third kappa shape index (κ3) is 1.81. The standard InChI is InChI=1S/C11H13N3OS2/c15-10-8-4-7-17-9(8)12-11(16)14(10)13-5-2-1-3-6-13/h4,7H,1-3,5-6H2,(H,12,16). The van der Waals surface area contributed by atoms with E-state index >= 15 is 0 Å². The summed E-state index contributed by atoms with van der Waals surface area (Å²) in [6, 6.07) is 1.86. The van der Waals surface area contributed by atoms with Crippen molar-refractivity contribution < 1.29 is 0 Å². The number of nitrogens with zero attached hydrogens (tertiary/aromatic N) is 2. The average molecular weight is 267 g/mol. The highest BCUT2D eigenvalue weighted by atomic mass is 32.1. The lowest BCUT2D eigenvalue weighted by Crippen LogP contribution is -2.45. The van der Waals surface area contributed by atoms with Crippen LogP contribution in [0.5, 0.6) is 0 Å². The second-order valence-corrected chi connectivity index (χ2v) is 5.53. The molecule has 1 fully saturated rings. The smallest absolute Gasteiger partial charge is 0.281 e. The topological polar surface area (TPSA) is 41.0 Å². The average Bonchev–Trinajstić information content (AvgIpc) is 2.78. The SMILES string of the molecule is O=c1c2ccsc2[nH]c(=S)n1N1CCCCC1. The zero-order valence-corrected chi connectivity index (χ0v) is 10.9. The molecule has 0 aromatic carbocycles. The Morgan fingerprint density at radius 1 is 1.29 bits per heavy atom. The summed E-state index contributed by atoms with van der Waals surface area (Å²) in [7, 11) is 0. The van der Waals surface area contributed by atoms with Gasteiger partial charge in [-0.3, -0.25) is 4.79 Å². The zero-order valence-electron chi connectivity index (χ0n) is 9.31. The lowest BCUT2D eigenvalue weighted by molar-refractivity contribution is 0.464. The Morgan fingerprint density at radius 2 is 2.06 bits per heavy atom. The highest BCUT2D eigenvalue weighted by Gasteiger charge is 2.15. The maximum Gasteiger partial charge on any atom is 0.281 e. The van der Waals surface area contributed by atoms with Gasteiger partial charge < -0.3 is 9.99 Å².